The molecule has 0 unspecified atom stereocenters. The van der Waals surface area contributed by atoms with Gasteiger partial charge in [0.2, 0.25) is 0 Å². The fraction of sp³-hybridized carbons (Fsp3) is 0.175. The third-order valence-corrected chi connectivity index (χ3v) is 7.60. The number of allylic oxidation sites excluding steroid dienone is 9. The average Bonchev–Trinajstić information content (AvgIpc) is 3.39. The summed E-state index contributed by atoms with van der Waals surface area (Å²) >= 11 is 1.90. The number of benzene rings is 2. The number of pyridine rings is 1. The molecule has 2 heterocycles. The largest absolute Gasteiger partial charge is 0.257 e. The molecule has 0 saturated heterocycles. The molecule has 0 aliphatic heterocycles. The van der Waals surface area contributed by atoms with Gasteiger partial charge in [0.05, 0.1) is 5.69 Å². The zero-order chi connectivity index (χ0) is 30.6. The number of thiophene rings is 1. The molecular formula is C40H45NS. The van der Waals surface area contributed by atoms with Crippen molar-refractivity contribution in [2.45, 2.75) is 47.5 Å². The Morgan fingerprint density at radius 3 is 2.21 bits per heavy atom. The lowest BCUT2D eigenvalue weighted by Gasteiger charge is -2.04. The quantitative estimate of drug-likeness (QED) is 0.144. The molecule has 2 aromatic carbocycles. The van der Waals surface area contributed by atoms with Gasteiger partial charge in [0.1, 0.15) is 0 Å². The molecule has 0 radical (unpaired) electrons. The lowest BCUT2D eigenvalue weighted by Crippen LogP contribution is -1.83. The van der Waals surface area contributed by atoms with Crippen LogP contribution in [0.25, 0.3) is 27.0 Å². The van der Waals surface area contributed by atoms with Crippen molar-refractivity contribution in [1.29, 1.82) is 0 Å². The van der Waals surface area contributed by atoms with Gasteiger partial charge < -0.3 is 0 Å². The molecule has 2 heteroatoms. The number of hydrogen-bond donors (Lipinski definition) is 0. The van der Waals surface area contributed by atoms with Gasteiger partial charge >= 0.3 is 0 Å². The van der Waals surface area contributed by atoms with Crippen LogP contribution in [0.2, 0.25) is 0 Å². The minimum Gasteiger partial charge on any atom is -0.257 e. The molecule has 0 N–H and O–H groups in total. The van der Waals surface area contributed by atoms with Crippen LogP contribution in [0.5, 0.6) is 0 Å². The predicted octanol–water partition coefficient (Wildman–Crippen LogP) is 12.2. The first-order valence-corrected chi connectivity index (χ1v) is 15.2. The first-order chi connectivity index (χ1) is 20.4. The maximum atomic E-state index is 4.08. The Kier molecular flexibility index (Phi) is 16.0. The Balaban J connectivity index is 0.000000281. The summed E-state index contributed by atoms with van der Waals surface area (Å²) in [7, 11) is 0. The van der Waals surface area contributed by atoms with Crippen molar-refractivity contribution < 1.29 is 0 Å². The van der Waals surface area contributed by atoms with E-state index in [1.807, 2.05) is 73.8 Å². The summed E-state index contributed by atoms with van der Waals surface area (Å²) in [5.74, 6) is 0. The molecule has 216 valence electrons. The van der Waals surface area contributed by atoms with Crippen LogP contribution in [-0.2, 0) is 6.42 Å². The Hall–Kier alpha value is -4.27. The van der Waals surface area contributed by atoms with Crippen molar-refractivity contribution in [2.24, 2.45) is 0 Å². The molecule has 42 heavy (non-hydrogen) atoms. The van der Waals surface area contributed by atoms with E-state index in [9.17, 15) is 0 Å². The molecule has 0 bridgehead atoms. The van der Waals surface area contributed by atoms with Gasteiger partial charge in [-0.05, 0) is 99.6 Å². The minimum atomic E-state index is 0.961. The normalized spacial score (nSPS) is 11.2. The standard InChI is InChI=1S/C23H24S.C9H9N.C8H12/c1-4-5-6-10-19-12-14-20(15-13-19)22-16-18(3)23(24-22)21-11-8-7-9-17(21)2;1-2-3-6-9-7-4-5-8-10-9;1-4-6-8(3)7-5-2/h4-5,7-9,11-16H,6,10H2,1-3H3;2-8H,1H2;4-7H,1H2,2-3H3/b5-4+;6-3-;7-5-,8-6-. The maximum absolute atomic E-state index is 4.08. The highest BCUT2D eigenvalue weighted by Gasteiger charge is 2.11. The van der Waals surface area contributed by atoms with Gasteiger partial charge in [0.25, 0.3) is 0 Å². The van der Waals surface area contributed by atoms with E-state index in [2.05, 4.69) is 106 Å². The Labute approximate surface area is 258 Å². The summed E-state index contributed by atoms with van der Waals surface area (Å²) in [5.41, 5.74) is 8.98. The summed E-state index contributed by atoms with van der Waals surface area (Å²) in [5, 5.41) is 0. The number of aromatic nitrogens is 1. The highest BCUT2D eigenvalue weighted by molar-refractivity contribution is 7.19. The van der Waals surface area contributed by atoms with Crippen LogP contribution < -0.4 is 0 Å². The summed E-state index contributed by atoms with van der Waals surface area (Å²) in [4.78, 5) is 6.82. The smallest absolute Gasteiger partial charge is 0.0629 e. The highest BCUT2D eigenvalue weighted by atomic mass is 32.1. The van der Waals surface area contributed by atoms with Gasteiger partial charge in [0, 0.05) is 16.0 Å². The Morgan fingerprint density at radius 1 is 0.857 bits per heavy atom. The third-order valence-electron chi connectivity index (χ3n) is 6.28. The molecule has 1 nitrogen and oxygen atoms in total. The van der Waals surface area contributed by atoms with Crippen LogP contribution in [0.1, 0.15) is 49.6 Å². The number of hydrogen-bond acceptors (Lipinski definition) is 2. The first kappa shape index (κ1) is 33.9. The summed E-state index contributed by atoms with van der Waals surface area (Å²) in [6, 6.07) is 25.8. The maximum Gasteiger partial charge on any atom is 0.0629 e. The fourth-order valence-corrected chi connectivity index (χ4v) is 5.39. The molecular weight excluding hydrogens is 527 g/mol. The monoisotopic (exact) mass is 571 g/mol. The zero-order valence-electron chi connectivity index (χ0n) is 25.9. The fourth-order valence-electron chi connectivity index (χ4n) is 4.12. The van der Waals surface area contributed by atoms with E-state index in [1.54, 1.807) is 18.3 Å². The molecule has 0 aliphatic carbocycles. The number of rotatable bonds is 9. The topological polar surface area (TPSA) is 12.9 Å². The lowest BCUT2D eigenvalue weighted by molar-refractivity contribution is 1.000. The molecule has 4 aromatic rings. The van der Waals surface area contributed by atoms with Crippen LogP contribution in [-0.4, -0.2) is 4.98 Å². The van der Waals surface area contributed by atoms with E-state index in [1.165, 1.54) is 43.1 Å². The van der Waals surface area contributed by atoms with Crippen molar-refractivity contribution in [1.82, 2.24) is 4.98 Å². The van der Waals surface area contributed by atoms with Crippen LogP contribution >= 0.6 is 11.3 Å². The van der Waals surface area contributed by atoms with E-state index >= 15 is 0 Å². The van der Waals surface area contributed by atoms with Crippen molar-refractivity contribution in [2.75, 3.05) is 0 Å². The zero-order valence-corrected chi connectivity index (χ0v) is 26.7. The molecule has 0 amide bonds. The van der Waals surface area contributed by atoms with Crippen LogP contribution in [0.15, 0.2) is 146 Å². The molecule has 0 fully saturated rings. The van der Waals surface area contributed by atoms with Gasteiger partial charge in [-0.2, -0.15) is 0 Å². The van der Waals surface area contributed by atoms with Gasteiger partial charge in [-0.1, -0.05) is 122 Å². The number of aryl methyl sites for hydroxylation is 3. The second kappa shape index (κ2) is 19.7. The molecule has 0 atom stereocenters. The third kappa shape index (κ3) is 12.1. The number of nitrogens with zero attached hydrogens (tertiary/aromatic N) is 1. The van der Waals surface area contributed by atoms with Crippen molar-refractivity contribution >= 4 is 17.4 Å². The van der Waals surface area contributed by atoms with Gasteiger partial charge in [0.15, 0.2) is 0 Å². The summed E-state index contributed by atoms with van der Waals surface area (Å²) in [6.45, 7) is 17.7. The van der Waals surface area contributed by atoms with Crippen molar-refractivity contribution in [3.8, 4) is 20.9 Å². The van der Waals surface area contributed by atoms with Gasteiger partial charge in [-0.3, -0.25) is 4.98 Å². The first-order valence-electron chi connectivity index (χ1n) is 14.4. The molecule has 0 spiro atoms. The summed E-state index contributed by atoms with van der Waals surface area (Å²) in [6.07, 6.45) is 21.7. The van der Waals surface area contributed by atoms with Crippen molar-refractivity contribution in [3.05, 3.63) is 169 Å². The molecule has 2 aromatic heterocycles. The molecule has 0 saturated carbocycles. The second-order valence-electron chi connectivity index (χ2n) is 9.74. The Bertz CT molecular complexity index is 1480. The lowest BCUT2D eigenvalue weighted by atomic mass is 10.0. The van der Waals surface area contributed by atoms with Crippen LogP contribution in [0, 0.1) is 13.8 Å². The molecule has 0 aliphatic rings. The van der Waals surface area contributed by atoms with E-state index in [0.29, 0.717) is 0 Å². The van der Waals surface area contributed by atoms with E-state index in [4.69, 9.17) is 0 Å². The van der Waals surface area contributed by atoms with E-state index in [-0.39, 0.29) is 0 Å². The highest BCUT2D eigenvalue weighted by Crippen LogP contribution is 2.39. The minimum absolute atomic E-state index is 0.961. The van der Waals surface area contributed by atoms with E-state index in [0.717, 1.165) is 18.5 Å². The Morgan fingerprint density at radius 2 is 1.60 bits per heavy atom. The van der Waals surface area contributed by atoms with Crippen LogP contribution in [0.3, 0.4) is 0 Å². The van der Waals surface area contributed by atoms with Crippen molar-refractivity contribution in [3.63, 3.8) is 0 Å². The van der Waals surface area contributed by atoms with Gasteiger partial charge in [-0.15, -0.1) is 11.3 Å². The van der Waals surface area contributed by atoms with Crippen LogP contribution in [0.4, 0.5) is 0 Å². The average molecular weight is 572 g/mol. The van der Waals surface area contributed by atoms with E-state index < -0.39 is 0 Å². The summed E-state index contributed by atoms with van der Waals surface area (Å²) < 4.78 is 0. The molecule has 4 rings (SSSR count). The van der Waals surface area contributed by atoms with Gasteiger partial charge in [-0.25, -0.2) is 0 Å². The second-order valence-corrected chi connectivity index (χ2v) is 10.8. The predicted molar refractivity (Wildman–Crippen MR) is 190 cm³/mol. The SMILES string of the molecule is C/C=C/CCc1ccc(-c2cc(C)c(-c3ccccc3C)s2)cc1.C=C/C=C(C)\C=C/C.C=C/C=C\c1ccccn1.